The van der Waals surface area contributed by atoms with Gasteiger partial charge in [-0.1, -0.05) is 26.7 Å². The lowest BCUT2D eigenvalue weighted by Crippen LogP contribution is -2.67. The molecule has 0 aromatic heterocycles. The molecule has 0 saturated carbocycles. The van der Waals surface area contributed by atoms with Crippen LogP contribution in [-0.4, -0.2) is 64.9 Å². The van der Waals surface area contributed by atoms with Gasteiger partial charge in [0, 0.05) is 16.7 Å². The van der Waals surface area contributed by atoms with E-state index < -0.39 is 55.0 Å². The van der Waals surface area contributed by atoms with Crippen molar-refractivity contribution in [2.75, 3.05) is 19.8 Å². The van der Waals surface area contributed by atoms with Gasteiger partial charge < -0.3 is 29.5 Å². The summed E-state index contributed by atoms with van der Waals surface area (Å²) in [6, 6.07) is 0. The summed E-state index contributed by atoms with van der Waals surface area (Å²) in [5.74, 6) is -5.63. The summed E-state index contributed by atoms with van der Waals surface area (Å²) in [4.78, 5) is 37.0. The van der Waals surface area contributed by atoms with Crippen LogP contribution in [0.25, 0.3) is 0 Å². The van der Waals surface area contributed by atoms with Gasteiger partial charge in [0.15, 0.2) is 6.10 Å². The summed E-state index contributed by atoms with van der Waals surface area (Å²) in [6.45, 7) is 12.9. The van der Waals surface area contributed by atoms with Crippen LogP contribution in [-0.2, 0) is 28.6 Å². The molecule has 29 heavy (non-hydrogen) atoms. The van der Waals surface area contributed by atoms with Crippen LogP contribution in [0.5, 0.6) is 0 Å². The largest absolute Gasteiger partial charge is 0.451 e. The van der Waals surface area contributed by atoms with Gasteiger partial charge in [0.25, 0.3) is 0 Å². The molecule has 0 fully saturated rings. The third-order valence-electron chi connectivity index (χ3n) is 4.23. The summed E-state index contributed by atoms with van der Waals surface area (Å²) in [5.41, 5.74) is -2.36. The molecule has 9 nitrogen and oxygen atoms in total. The van der Waals surface area contributed by atoms with Gasteiger partial charge in [-0.2, -0.15) is 0 Å². The number of ether oxygens (including phenoxy) is 3. The van der Waals surface area contributed by atoms with Gasteiger partial charge in [-0.3, -0.25) is 0 Å². The summed E-state index contributed by atoms with van der Waals surface area (Å²) >= 11 is 0. The molecule has 9 heteroatoms. The number of carbonyl (C=O) groups is 3. The first-order valence-electron chi connectivity index (χ1n) is 8.84. The maximum absolute atomic E-state index is 12.4. The van der Waals surface area contributed by atoms with Crippen LogP contribution < -0.4 is 0 Å². The number of hydrogen-bond acceptors (Lipinski definition) is 9. The van der Waals surface area contributed by atoms with E-state index in [-0.39, 0.29) is 23.1 Å². The molecule has 0 aliphatic rings. The highest BCUT2D eigenvalue weighted by Crippen LogP contribution is 2.42. The molecule has 3 N–H and O–H groups in total. The van der Waals surface area contributed by atoms with E-state index in [0.717, 1.165) is 0 Å². The van der Waals surface area contributed by atoms with E-state index in [1.165, 1.54) is 27.7 Å². The first-order valence-corrected chi connectivity index (χ1v) is 8.84. The number of hydrogen-bond donors (Lipinski definition) is 3. The van der Waals surface area contributed by atoms with Crippen LogP contribution in [0, 0.1) is 5.41 Å². The van der Waals surface area contributed by atoms with Gasteiger partial charge in [0.1, 0.15) is 5.41 Å². The standard InChI is InChI=1S/C20H30O9/c1-8-15(27-16(24)12(2)3)20(28-17(25)13(4)5,29-18(26)14(6)7)19(9-21,10-22)11-23/h15,21-23H,2,4,6,8-11H2,1,3,5,7H3. The van der Waals surface area contributed by atoms with Crippen molar-refractivity contribution in [2.24, 2.45) is 5.41 Å². The highest BCUT2D eigenvalue weighted by molar-refractivity contribution is 5.90. The van der Waals surface area contributed by atoms with Crippen LogP contribution >= 0.6 is 0 Å². The molecule has 0 bridgehead atoms. The summed E-state index contributed by atoms with van der Waals surface area (Å²) in [7, 11) is 0. The zero-order chi connectivity index (χ0) is 23.0. The predicted molar refractivity (Wildman–Crippen MR) is 103 cm³/mol. The van der Waals surface area contributed by atoms with Crippen LogP contribution in [0.2, 0.25) is 0 Å². The molecule has 164 valence electrons. The van der Waals surface area contributed by atoms with Crippen molar-refractivity contribution in [3.8, 4) is 0 Å². The molecule has 0 heterocycles. The average Bonchev–Trinajstić information content (AvgIpc) is 2.66. The van der Waals surface area contributed by atoms with E-state index >= 15 is 0 Å². The molecule has 0 spiro atoms. The normalized spacial score (nSPS) is 12.5. The summed E-state index contributed by atoms with van der Waals surface area (Å²) in [5, 5.41) is 30.0. The fourth-order valence-corrected chi connectivity index (χ4v) is 2.30. The van der Waals surface area contributed by atoms with Gasteiger partial charge in [-0.25, -0.2) is 14.4 Å². The monoisotopic (exact) mass is 414 g/mol. The Morgan fingerprint density at radius 1 is 0.793 bits per heavy atom. The third-order valence-corrected chi connectivity index (χ3v) is 4.23. The Bertz CT molecular complexity index is 637. The zero-order valence-corrected chi connectivity index (χ0v) is 17.3. The van der Waals surface area contributed by atoms with Gasteiger partial charge in [0.2, 0.25) is 0 Å². The maximum Gasteiger partial charge on any atom is 0.336 e. The highest BCUT2D eigenvalue weighted by atomic mass is 16.8. The van der Waals surface area contributed by atoms with E-state index in [1.54, 1.807) is 0 Å². The molecule has 0 rings (SSSR count). The van der Waals surface area contributed by atoms with Gasteiger partial charge in [0.05, 0.1) is 19.8 Å². The molecule has 0 amide bonds. The zero-order valence-electron chi connectivity index (χ0n) is 17.3. The molecule has 0 aromatic rings. The average molecular weight is 414 g/mol. The smallest absolute Gasteiger partial charge is 0.336 e. The Balaban J connectivity index is 6.90. The number of carbonyl (C=O) groups excluding carboxylic acids is 3. The minimum Gasteiger partial charge on any atom is -0.451 e. The molecule has 0 aliphatic carbocycles. The van der Waals surface area contributed by atoms with E-state index in [2.05, 4.69) is 19.7 Å². The molecular formula is C20H30O9. The highest BCUT2D eigenvalue weighted by Gasteiger charge is 2.63. The quantitative estimate of drug-likeness (QED) is 0.240. The second-order valence-electron chi connectivity index (χ2n) is 6.84. The lowest BCUT2D eigenvalue weighted by Gasteiger charge is -2.48. The third kappa shape index (κ3) is 5.75. The van der Waals surface area contributed by atoms with Crippen LogP contribution in [0.1, 0.15) is 34.1 Å². The molecule has 1 atom stereocenters. The first-order chi connectivity index (χ1) is 13.4. The van der Waals surface area contributed by atoms with E-state index in [4.69, 9.17) is 14.2 Å². The fraction of sp³-hybridized carbons (Fsp3) is 0.550. The molecule has 0 radical (unpaired) electrons. The molecule has 0 aliphatic heterocycles. The Labute approximate surface area is 170 Å². The van der Waals surface area contributed by atoms with E-state index in [1.807, 2.05) is 0 Å². The molecule has 1 unspecified atom stereocenters. The second kappa shape index (κ2) is 10.9. The summed E-state index contributed by atoms with van der Waals surface area (Å²) in [6.07, 6.45) is -1.61. The van der Waals surface area contributed by atoms with Crippen molar-refractivity contribution in [2.45, 2.75) is 46.0 Å². The first kappa shape index (κ1) is 26.5. The molecule has 0 saturated heterocycles. The van der Waals surface area contributed by atoms with Crippen molar-refractivity contribution in [3.05, 3.63) is 36.5 Å². The Morgan fingerprint density at radius 2 is 1.14 bits per heavy atom. The van der Waals surface area contributed by atoms with Gasteiger partial charge in [-0.05, 0) is 27.2 Å². The lowest BCUT2D eigenvalue weighted by atomic mass is 9.76. The second-order valence-corrected chi connectivity index (χ2v) is 6.84. The van der Waals surface area contributed by atoms with Gasteiger partial charge in [-0.15, -0.1) is 0 Å². The lowest BCUT2D eigenvalue weighted by molar-refractivity contribution is -0.324. The SMILES string of the molecule is C=C(C)C(=O)OC(CC)C(OC(=O)C(=C)C)(OC(=O)C(=C)C)C(CO)(CO)CO. The van der Waals surface area contributed by atoms with E-state index in [9.17, 15) is 29.7 Å². The maximum atomic E-state index is 12.4. The van der Waals surface area contributed by atoms with Crippen molar-refractivity contribution < 1.29 is 43.9 Å². The molecular weight excluding hydrogens is 384 g/mol. The van der Waals surface area contributed by atoms with Gasteiger partial charge >= 0.3 is 23.7 Å². The van der Waals surface area contributed by atoms with Crippen molar-refractivity contribution in [1.29, 1.82) is 0 Å². The number of rotatable bonds is 12. The number of aliphatic hydroxyl groups excluding tert-OH is 3. The van der Waals surface area contributed by atoms with Crippen LogP contribution in [0.4, 0.5) is 0 Å². The number of aliphatic hydroxyl groups is 3. The minimum atomic E-state index is -2.60. The van der Waals surface area contributed by atoms with Crippen molar-refractivity contribution in [1.82, 2.24) is 0 Å². The molecule has 0 aromatic carbocycles. The van der Waals surface area contributed by atoms with Crippen LogP contribution in [0.15, 0.2) is 36.5 Å². The Kier molecular flexibility index (Phi) is 9.96. The van der Waals surface area contributed by atoms with Crippen LogP contribution in [0.3, 0.4) is 0 Å². The van der Waals surface area contributed by atoms with Crippen molar-refractivity contribution >= 4 is 17.9 Å². The Morgan fingerprint density at radius 3 is 1.38 bits per heavy atom. The minimum absolute atomic E-state index is 0.00241. The topological polar surface area (TPSA) is 140 Å². The van der Waals surface area contributed by atoms with E-state index in [0.29, 0.717) is 0 Å². The Hall–Kier alpha value is -2.49. The number of esters is 3. The summed E-state index contributed by atoms with van der Waals surface area (Å²) < 4.78 is 16.1. The predicted octanol–water partition coefficient (Wildman–Crippen LogP) is 0.782. The fourth-order valence-electron chi connectivity index (χ4n) is 2.30. The van der Waals surface area contributed by atoms with Crippen molar-refractivity contribution in [3.63, 3.8) is 0 Å².